The summed E-state index contributed by atoms with van der Waals surface area (Å²) in [5, 5.41) is 2.34. The van der Waals surface area contributed by atoms with E-state index in [0.717, 1.165) is 11.1 Å². The van der Waals surface area contributed by atoms with Crippen molar-refractivity contribution in [2.45, 2.75) is 18.3 Å². The first kappa shape index (κ1) is 20.1. The fourth-order valence-electron chi connectivity index (χ4n) is 3.12. The van der Waals surface area contributed by atoms with Crippen LogP contribution in [0.3, 0.4) is 0 Å². The maximum atomic E-state index is 12.7. The number of hydrogen-bond acceptors (Lipinski definition) is 5. The summed E-state index contributed by atoms with van der Waals surface area (Å²) >= 11 is 9.83. The summed E-state index contributed by atoms with van der Waals surface area (Å²) in [5.41, 5.74) is 1.93. The van der Waals surface area contributed by atoms with Crippen LogP contribution in [0, 0.1) is 0 Å². The van der Waals surface area contributed by atoms with Crippen LogP contribution in [0.15, 0.2) is 78.6 Å². The molecule has 1 aromatic carbocycles. The first-order valence-corrected chi connectivity index (χ1v) is 9.75. The zero-order valence-corrected chi connectivity index (χ0v) is 17.1. The summed E-state index contributed by atoms with van der Waals surface area (Å²) in [5.74, 6) is -0.943. The van der Waals surface area contributed by atoms with Gasteiger partial charge in [-0.3, -0.25) is 19.8 Å². The molecule has 0 aromatic heterocycles. The van der Waals surface area contributed by atoms with Gasteiger partial charge >= 0.3 is 0 Å². The molecule has 1 N–H and O–H groups in total. The summed E-state index contributed by atoms with van der Waals surface area (Å²) in [6.07, 6.45) is 8.84. The molecule has 2 atom stereocenters. The number of benzene rings is 1. The number of carbonyl (C=O) groups excluding carboxylic acids is 2. The third-order valence-electron chi connectivity index (χ3n) is 4.67. The first-order valence-electron chi connectivity index (χ1n) is 8.82. The van der Waals surface area contributed by atoms with Crippen LogP contribution >= 0.6 is 24.8 Å². The lowest BCUT2D eigenvalue weighted by Crippen LogP contribution is -2.54. The third kappa shape index (κ3) is 3.95. The predicted octanol–water partition coefficient (Wildman–Crippen LogP) is 3.11. The van der Waals surface area contributed by atoms with Crippen molar-refractivity contribution < 1.29 is 9.59 Å². The second-order valence-corrected chi connectivity index (χ2v) is 7.31. The van der Waals surface area contributed by atoms with E-state index >= 15 is 0 Å². The summed E-state index contributed by atoms with van der Waals surface area (Å²) in [6.45, 7) is 5.95. The Morgan fingerprint density at radius 3 is 2.71 bits per heavy atom. The standard InChI is InChI=1S/C21H21N3O2S2/c1-3-11-24-19(26)17(18(25)22-21(24)28)13-16-10-7-12-23(20(16)27)14(2)15-8-5-4-6-9-15/h3-10,12-14,20,27H,1,11H2,2H3,(H,22,25,28). The fourth-order valence-corrected chi connectivity index (χ4v) is 3.80. The van der Waals surface area contributed by atoms with Crippen molar-refractivity contribution in [3.8, 4) is 0 Å². The number of rotatable bonds is 5. The molecule has 2 aliphatic heterocycles. The minimum atomic E-state index is -0.506. The zero-order valence-electron chi connectivity index (χ0n) is 15.4. The van der Waals surface area contributed by atoms with Gasteiger partial charge in [0.2, 0.25) is 0 Å². The number of hydrogen-bond donors (Lipinski definition) is 2. The zero-order chi connectivity index (χ0) is 20.3. The van der Waals surface area contributed by atoms with Crippen LogP contribution in [-0.4, -0.2) is 38.6 Å². The molecule has 5 nitrogen and oxygen atoms in total. The molecule has 1 saturated heterocycles. The Morgan fingerprint density at radius 1 is 1.32 bits per heavy atom. The molecule has 0 spiro atoms. The van der Waals surface area contributed by atoms with Crippen molar-refractivity contribution in [2.75, 3.05) is 6.54 Å². The van der Waals surface area contributed by atoms with E-state index in [1.807, 2.05) is 36.6 Å². The molecule has 2 unspecified atom stereocenters. The second-order valence-electron chi connectivity index (χ2n) is 6.44. The van der Waals surface area contributed by atoms with E-state index in [9.17, 15) is 9.59 Å². The van der Waals surface area contributed by atoms with Gasteiger partial charge in [0.25, 0.3) is 11.8 Å². The molecule has 0 aliphatic carbocycles. The SMILES string of the molecule is C=CCN1C(=O)C(=CC2=CC=CN(C(C)c3ccccc3)C2S)C(=O)NC1=S. The summed E-state index contributed by atoms with van der Waals surface area (Å²) in [7, 11) is 0. The molecule has 7 heteroatoms. The van der Waals surface area contributed by atoms with E-state index in [0.29, 0.717) is 0 Å². The van der Waals surface area contributed by atoms with Gasteiger partial charge in [-0.05, 0) is 42.4 Å². The second kappa shape index (κ2) is 8.58. The smallest absolute Gasteiger partial charge is 0.265 e. The first-order chi connectivity index (χ1) is 13.4. The van der Waals surface area contributed by atoms with Crippen molar-refractivity contribution in [3.63, 3.8) is 0 Å². The van der Waals surface area contributed by atoms with Crippen LogP contribution in [0.2, 0.25) is 0 Å². The van der Waals surface area contributed by atoms with Gasteiger partial charge in [-0.2, -0.15) is 0 Å². The predicted molar refractivity (Wildman–Crippen MR) is 117 cm³/mol. The van der Waals surface area contributed by atoms with Crippen molar-refractivity contribution in [2.24, 2.45) is 0 Å². The third-order valence-corrected chi connectivity index (χ3v) is 5.55. The van der Waals surface area contributed by atoms with Gasteiger partial charge in [-0.25, -0.2) is 0 Å². The summed E-state index contributed by atoms with van der Waals surface area (Å²) in [4.78, 5) is 28.5. The highest BCUT2D eigenvalue weighted by Gasteiger charge is 2.34. The molecular weight excluding hydrogens is 390 g/mol. The maximum Gasteiger partial charge on any atom is 0.265 e. The van der Waals surface area contributed by atoms with Crippen LogP contribution in [0.25, 0.3) is 0 Å². The van der Waals surface area contributed by atoms with Gasteiger partial charge < -0.3 is 4.90 Å². The molecule has 3 rings (SSSR count). The van der Waals surface area contributed by atoms with Crippen molar-refractivity contribution >= 4 is 41.8 Å². The highest BCUT2D eigenvalue weighted by molar-refractivity contribution is 7.81. The molecular formula is C21H21N3O2S2. The lowest BCUT2D eigenvalue weighted by atomic mass is 10.0. The Kier molecular flexibility index (Phi) is 6.16. The summed E-state index contributed by atoms with van der Waals surface area (Å²) < 4.78 is 0. The molecule has 0 bridgehead atoms. The number of nitrogens with one attached hydrogen (secondary N) is 1. The quantitative estimate of drug-likeness (QED) is 0.257. The van der Waals surface area contributed by atoms with Gasteiger partial charge in [0.05, 0.1) is 11.4 Å². The van der Waals surface area contributed by atoms with Crippen LogP contribution in [0.5, 0.6) is 0 Å². The van der Waals surface area contributed by atoms with Crippen molar-refractivity contribution in [1.29, 1.82) is 0 Å². The van der Waals surface area contributed by atoms with E-state index in [-0.39, 0.29) is 28.6 Å². The topological polar surface area (TPSA) is 52.7 Å². The van der Waals surface area contributed by atoms with Gasteiger partial charge in [-0.15, -0.1) is 19.2 Å². The molecule has 1 aromatic rings. The molecule has 2 aliphatic rings. The lowest BCUT2D eigenvalue weighted by Gasteiger charge is -2.36. The van der Waals surface area contributed by atoms with E-state index in [2.05, 4.69) is 35.9 Å². The molecule has 2 heterocycles. The van der Waals surface area contributed by atoms with Gasteiger partial charge in [0.1, 0.15) is 5.57 Å². The lowest BCUT2D eigenvalue weighted by molar-refractivity contribution is -0.128. The molecule has 2 amide bonds. The highest BCUT2D eigenvalue weighted by Crippen LogP contribution is 2.31. The average Bonchev–Trinajstić information content (AvgIpc) is 2.69. The Morgan fingerprint density at radius 2 is 2.04 bits per heavy atom. The Bertz CT molecular complexity index is 905. The van der Waals surface area contributed by atoms with E-state index in [4.69, 9.17) is 24.8 Å². The number of thiocarbonyl (C=S) groups is 1. The Hall–Kier alpha value is -2.64. The van der Waals surface area contributed by atoms with Gasteiger partial charge in [0.15, 0.2) is 5.11 Å². The van der Waals surface area contributed by atoms with Crippen molar-refractivity contribution in [1.82, 2.24) is 15.1 Å². The van der Waals surface area contributed by atoms with Crippen LogP contribution in [-0.2, 0) is 9.59 Å². The molecule has 0 saturated carbocycles. The Balaban J connectivity index is 1.87. The van der Waals surface area contributed by atoms with E-state index in [1.165, 1.54) is 4.90 Å². The molecule has 0 radical (unpaired) electrons. The number of nitrogens with zero attached hydrogens (tertiary/aromatic N) is 2. The molecule has 144 valence electrons. The van der Waals surface area contributed by atoms with Gasteiger partial charge in [0, 0.05) is 12.7 Å². The average molecular weight is 412 g/mol. The fraction of sp³-hybridized carbons (Fsp3) is 0.190. The largest absolute Gasteiger partial charge is 0.355 e. The minimum absolute atomic E-state index is 0.0309. The number of amides is 2. The normalized spacial score (nSPS) is 22.2. The summed E-state index contributed by atoms with van der Waals surface area (Å²) in [6, 6.07) is 10.1. The van der Waals surface area contributed by atoms with E-state index < -0.39 is 11.8 Å². The molecule has 28 heavy (non-hydrogen) atoms. The number of thiol groups is 1. The molecule has 1 fully saturated rings. The maximum absolute atomic E-state index is 12.7. The van der Waals surface area contributed by atoms with Gasteiger partial charge in [-0.1, -0.05) is 42.5 Å². The van der Waals surface area contributed by atoms with Crippen LogP contribution in [0.1, 0.15) is 18.5 Å². The van der Waals surface area contributed by atoms with E-state index in [1.54, 1.807) is 12.2 Å². The Labute approximate surface area is 175 Å². The van der Waals surface area contributed by atoms with Crippen LogP contribution in [0.4, 0.5) is 0 Å². The minimum Gasteiger partial charge on any atom is -0.355 e. The number of allylic oxidation sites excluding steroid dienone is 2. The van der Waals surface area contributed by atoms with Crippen LogP contribution < -0.4 is 5.32 Å². The monoisotopic (exact) mass is 411 g/mol. The number of carbonyl (C=O) groups is 2. The van der Waals surface area contributed by atoms with Crippen molar-refractivity contribution in [3.05, 3.63) is 84.1 Å². The highest BCUT2D eigenvalue weighted by atomic mass is 32.1.